The van der Waals surface area contributed by atoms with Gasteiger partial charge in [0.05, 0.1) is 5.54 Å². The van der Waals surface area contributed by atoms with Gasteiger partial charge in [-0.25, -0.2) is 0 Å². The minimum absolute atomic E-state index is 0.0659. The fourth-order valence-corrected chi connectivity index (χ4v) is 3.84. The van der Waals surface area contributed by atoms with Crippen LogP contribution in [0.1, 0.15) is 49.5 Å². The third-order valence-electron chi connectivity index (χ3n) is 4.96. The summed E-state index contributed by atoms with van der Waals surface area (Å²) in [7, 11) is 0. The SMILES string of the molecule is CCn1cccc1C(=O)N1CCNCC12CCCCC2. The molecule has 1 aromatic rings. The molecule has 0 radical (unpaired) electrons. The van der Waals surface area contributed by atoms with Crippen LogP contribution < -0.4 is 5.32 Å². The van der Waals surface area contributed by atoms with Gasteiger partial charge in [0, 0.05) is 32.4 Å². The number of carbonyl (C=O) groups is 1. The zero-order valence-electron chi connectivity index (χ0n) is 12.4. The molecule has 1 saturated carbocycles. The molecule has 0 unspecified atom stereocenters. The first-order valence-electron chi connectivity index (χ1n) is 7.95. The maximum atomic E-state index is 13.0. The highest BCUT2D eigenvalue weighted by Gasteiger charge is 2.42. The second-order valence-electron chi connectivity index (χ2n) is 6.10. The van der Waals surface area contributed by atoms with E-state index in [1.807, 2.05) is 18.3 Å². The Kier molecular flexibility index (Phi) is 3.83. The minimum Gasteiger partial charge on any atom is -0.344 e. The second-order valence-corrected chi connectivity index (χ2v) is 6.10. The number of rotatable bonds is 2. The van der Waals surface area contributed by atoms with Gasteiger partial charge in [0.15, 0.2) is 0 Å². The summed E-state index contributed by atoms with van der Waals surface area (Å²) in [6.07, 6.45) is 8.12. The van der Waals surface area contributed by atoms with E-state index in [0.717, 1.165) is 44.7 Å². The minimum atomic E-state index is 0.0659. The van der Waals surface area contributed by atoms with Crippen molar-refractivity contribution in [1.82, 2.24) is 14.8 Å². The van der Waals surface area contributed by atoms with Crippen molar-refractivity contribution < 1.29 is 4.79 Å². The molecule has 2 fully saturated rings. The third-order valence-corrected chi connectivity index (χ3v) is 4.96. The molecule has 2 aliphatic rings. The average Bonchev–Trinajstić information content (AvgIpc) is 2.96. The Bertz CT molecular complexity index is 466. The van der Waals surface area contributed by atoms with E-state index in [2.05, 4.69) is 21.7 Å². The van der Waals surface area contributed by atoms with E-state index in [9.17, 15) is 4.79 Å². The number of piperazine rings is 1. The normalized spacial score (nSPS) is 22.1. The molecule has 1 aliphatic carbocycles. The molecule has 1 N–H and O–H groups in total. The Hall–Kier alpha value is -1.29. The zero-order chi connectivity index (χ0) is 14.0. The van der Waals surface area contributed by atoms with Crippen molar-refractivity contribution in [3.63, 3.8) is 0 Å². The summed E-state index contributed by atoms with van der Waals surface area (Å²) in [6, 6.07) is 3.94. The molecular weight excluding hydrogens is 250 g/mol. The van der Waals surface area contributed by atoms with Gasteiger partial charge in [-0.15, -0.1) is 0 Å². The number of carbonyl (C=O) groups excluding carboxylic acids is 1. The first-order valence-corrected chi connectivity index (χ1v) is 7.95. The molecule has 2 heterocycles. The summed E-state index contributed by atoms with van der Waals surface area (Å²) < 4.78 is 2.06. The van der Waals surface area contributed by atoms with Crippen LogP contribution in [-0.4, -0.2) is 40.5 Å². The summed E-state index contributed by atoms with van der Waals surface area (Å²) >= 11 is 0. The highest BCUT2D eigenvalue weighted by molar-refractivity contribution is 5.93. The topological polar surface area (TPSA) is 37.3 Å². The molecule has 3 rings (SSSR count). The fourth-order valence-electron chi connectivity index (χ4n) is 3.84. The van der Waals surface area contributed by atoms with E-state index in [1.54, 1.807) is 0 Å². The Morgan fingerprint density at radius 1 is 1.35 bits per heavy atom. The van der Waals surface area contributed by atoms with Gasteiger partial charge in [0.25, 0.3) is 5.91 Å². The van der Waals surface area contributed by atoms with Crippen LogP contribution in [0.15, 0.2) is 18.3 Å². The van der Waals surface area contributed by atoms with E-state index >= 15 is 0 Å². The van der Waals surface area contributed by atoms with Crippen molar-refractivity contribution in [2.24, 2.45) is 0 Å². The highest BCUT2D eigenvalue weighted by atomic mass is 16.2. The largest absolute Gasteiger partial charge is 0.344 e. The lowest BCUT2D eigenvalue weighted by Gasteiger charge is -2.49. The standard InChI is InChI=1S/C16H25N3O/c1-2-18-11-6-7-14(18)15(20)19-12-10-17-13-16(19)8-4-3-5-9-16/h6-7,11,17H,2-5,8-10,12-13H2,1H3. The number of aryl methyl sites for hydroxylation is 1. The molecule has 110 valence electrons. The van der Waals surface area contributed by atoms with Crippen LogP contribution >= 0.6 is 0 Å². The smallest absolute Gasteiger partial charge is 0.271 e. The van der Waals surface area contributed by atoms with Gasteiger partial charge in [0.2, 0.25) is 0 Å². The lowest BCUT2D eigenvalue weighted by molar-refractivity contribution is 0.0213. The Morgan fingerprint density at radius 2 is 2.15 bits per heavy atom. The molecule has 0 aromatic carbocycles. The van der Waals surface area contributed by atoms with Crippen LogP contribution in [-0.2, 0) is 6.54 Å². The van der Waals surface area contributed by atoms with Gasteiger partial charge in [-0.05, 0) is 31.9 Å². The second kappa shape index (κ2) is 5.60. The van der Waals surface area contributed by atoms with Gasteiger partial charge in [0.1, 0.15) is 5.69 Å². The molecule has 1 aromatic heterocycles. The molecule has 4 nitrogen and oxygen atoms in total. The fraction of sp³-hybridized carbons (Fsp3) is 0.688. The zero-order valence-corrected chi connectivity index (χ0v) is 12.4. The Morgan fingerprint density at radius 3 is 2.90 bits per heavy atom. The van der Waals surface area contributed by atoms with Crippen LogP contribution in [0.5, 0.6) is 0 Å². The highest BCUT2D eigenvalue weighted by Crippen LogP contribution is 2.35. The summed E-state index contributed by atoms with van der Waals surface area (Å²) in [5, 5.41) is 3.50. The predicted octanol–water partition coefficient (Wildman–Crippen LogP) is 2.26. The van der Waals surface area contributed by atoms with Crippen LogP contribution in [0.2, 0.25) is 0 Å². The first kappa shape index (κ1) is 13.7. The monoisotopic (exact) mass is 275 g/mol. The van der Waals surface area contributed by atoms with E-state index in [-0.39, 0.29) is 11.4 Å². The van der Waals surface area contributed by atoms with Crippen molar-refractivity contribution in [2.75, 3.05) is 19.6 Å². The summed E-state index contributed by atoms with van der Waals surface area (Å²) in [6.45, 7) is 5.66. The molecule has 1 amide bonds. The lowest BCUT2D eigenvalue weighted by Crippen LogP contribution is -2.63. The van der Waals surface area contributed by atoms with Crippen LogP contribution in [0, 0.1) is 0 Å². The Balaban J connectivity index is 1.88. The van der Waals surface area contributed by atoms with Crippen molar-refractivity contribution in [1.29, 1.82) is 0 Å². The molecule has 20 heavy (non-hydrogen) atoms. The van der Waals surface area contributed by atoms with E-state index in [1.165, 1.54) is 19.3 Å². The van der Waals surface area contributed by atoms with Gasteiger partial charge < -0.3 is 14.8 Å². The predicted molar refractivity (Wildman–Crippen MR) is 79.8 cm³/mol. The number of nitrogens with one attached hydrogen (secondary N) is 1. The molecule has 0 atom stereocenters. The van der Waals surface area contributed by atoms with Crippen molar-refractivity contribution in [3.8, 4) is 0 Å². The van der Waals surface area contributed by atoms with Crippen LogP contribution in [0.4, 0.5) is 0 Å². The van der Waals surface area contributed by atoms with Crippen molar-refractivity contribution in [3.05, 3.63) is 24.0 Å². The molecule has 1 spiro atoms. The number of hydrogen-bond donors (Lipinski definition) is 1. The molecule has 0 bridgehead atoms. The summed E-state index contributed by atoms with van der Waals surface area (Å²) in [4.78, 5) is 15.2. The Labute approximate surface area is 121 Å². The maximum Gasteiger partial charge on any atom is 0.271 e. The van der Waals surface area contributed by atoms with Crippen LogP contribution in [0.25, 0.3) is 0 Å². The first-order chi connectivity index (χ1) is 9.77. The lowest BCUT2D eigenvalue weighted by atomic mass is 9.79. The summed E-state index contributed by atoms with van der Waals surface area (Å²) in [5.41, 5.74) is 0.913. The molecular formula is C16H25N3O. The molecule has 1 aliphatic heterocycles. The summed E-state index contributed by atoms with van der Waals surface area (Å²) in [5.74, 6) is 0.222. The van der Waals surface area contributed by atoms with Crippen molar-refractivity contribution >= 4 is 5.91 Å². The maximum absolute atomic E-state index is 13.0. The molecule has 1 saturated heterocycles. The van der Waals surface area contributed by atoms with Gasteiger partial charge in [-0.2, -0.15) is 0 Å². The number of amides is 1. The van der Waals surface area contributed by atoms with E-state index in [4.69, 9.17) is 0 Å². The number of aromatic nitrogens is 1. The number of nitrogens with zero attached hydrogens (tertiary/aromatic N) is 2. The van der Waals surface area contributed by atoms with E-state index < -0.39 is 0 Å². The van der Waals surface area contributed by atoms with Crippen LogP contribution in [0.3, 0.4) is 0 Å². The van der Waals surface area contributed by atoms with Gasteiger partial charge >= 0.3 is 0 Å². The number of hydrogen-bond acceptors (Lipinski definition) is 2. The van der Waals surface area contributed by atoms with Crippen molar-refractivity contribution in [2.45, 2.75) is 51.1 Å². The van der Waals surface area contributed by atoms with Gasteiger partial charge in [-0.3, -0.25) is 4.79 Å². The average molecular weight is 275 g/mol. The quantitative estimate of drug-likeness (QED) is 0.899. The molecule has 4 heteroatoms. The third kappa shape index (κ3) is 2.26. The van der Waals surface area contributed by atoms with Gasteiger partial charge in [-0.1, -0.05) is 19.3 Å². The van der Waals surface area contributed by atoms with E-state index in [0.29, 0.717) is 0 Å².